The largest absolute Gasteiger partial charge is 0.356 e. The van der Waals surface area contributed by atoms with Gasteiger partial charge in [-0.3, -0.25) is 4.79 Å². The van der Waals surface area contributed by atoms with E-state index in [1.54, 1.807) is 6.20 Å². The predicted molar refractivity (Wildman–Crippen MR) is 104 cm³/mol. The zero-order valence-corrected chi connectivity index (χ0v) is 16.3. The second-order valence-corrected chi connectivity index (χ2v) is 7.64. The average Bonchev–Trinajstić information content (AvgIpc) is 3.05. The molecule has 6 heteroatoms. The topological polar surface area (TPSA) is 80.9 Å². The number of amides is 1. The molecule has 1 N–H and O–H groups in total. The van der Waals surface area contributed by atoms with E-state index in [0.717, 1.165) is 28.1 Å². The van der Waals surface area contributed by atoms with Crippen molar-refractivity contribution in [3.05, 3.63) is 53.6 Å². The molecule has 140 valence electrons. The van der Waals surface area contributed by atoms with Crippen molar-refractivity contribution < 1.29 is 9.32 Å². The van der Waals surface area contributed by atoms with Crippen LogP contribution in [0.15, 0.2) is 41.1 Å². The normalized spacial score (nSPS) is 11.4. The zero-order valence-electron chi connectivity index (χ0n) is 16.3. The Morgan fingerprint density at radius 1 is 1.15 bits per heavy atom. The molecule has 0 fully saturated rings. The van der Waals surface area contributed by atoms with Gasteiger partial charge in [-0.15, -0.1) is 0 Å². The van der Waals surface area contributed by atoms with E-state index in [2.05, 4.69) is 20.4 Å². The van der Waals surface area contributed by atoms with E-state index in [1.807, 2.05) is 65.0 Å². The van der Waals surface area contributed by atoms with Gasteiger partial charge in [-0.25, -0.2) is 9.97 Å². The molecule has 0 unspecified atom stereocenters. The molecule has 0 saturated heterocycles. The molecule has 2 aromatic heterocycles. The first-order valence-corrected chi connectivity index (χ1v) is 8.89. The highest BCUT2D eigenvalue weighted by Crippen LogP contribution is 2.30. The van der Waals surface area contributed by atoms with Crippen molar-refractivity contribution in [2.45, 2.75) is 41.2 Å². The van der Waals surface area contributed by atoms with E-state index in [0.29, 0.717) is 18.1 Å². The minimum absolute atomic E-state index is 0.0287. The quantitative estimate of drug-likeness (QED) is 0.754. The molecule has 1 aromatic carbocycles. The number of benzene rings is 1. The summed E-state index contributed by atoms with van der Waals surface area (Å²) in [6.07, 6.45) is 1.76. The summed E-state index contributed by atoms with van der Waals surface area (Å²) in [4.78, 5) is 20.9. The molecule has 0 radical (unpaired) electrons. The van der Waals surface area contributed by atoms with Crippen molar-refractivity contribution >= 4 is 5.91 Å². The molecule has 0 aliphatic carbocycles. The van der Waals surface area contributed by atoms with Gasteiger partial charge in [0.25, 0.3) is 0 Å². The summed E-state index contributed by atoms with van der Waals surface area (Å²) in [6, 6.07) is 9.84. The standard InChI is InChI=1S/C21H24N4O2/c1-13-10-18(27-25-13)17-12-22-14(2)24-19(17)16-8-6-15(7-9-16)11-23-20(26)21(3,4)5/h6-10,12H,11H2,1-5H3,(H,23,26). The summed E-state index contributed by atoms with van der Waals surface area (Å²) in [5, 5.41) is 6.91. The van der Waals surface area contributed by atoms with E-state index >= 15 is 0 Å². The van der Waals surface area contributed by atoms with Crippen LogP contribution in [-0.2, 0) is 11.3 Å². The molecule has 1 amide bonds. The molecule has 6 nitrogen and oxygen atoms in total. The molecule has 3 rings (SSSR count). The van der Waals surface area contributed by atoms with E-state index < -0.39 is 5.41 Å². The van der Waals surface area contributed by atoms with Gasteiger partial charge in [0.1, 0.15) is 5.82 Å². The number of nitrogens with one attached hydrogen (secondary N) is 1. The Bertz CT molecular complexity index is 953. The molecule has 0 spiro atoms. The van der Waals surface area contributed by atoms with Crippen molar-refractivity contribution in [1.82, 2.24) is 20.4 Å². The van der Waals surface area contributed by atoms with Gasteiger partial charge in [0, 0.05) is 29.8 Å². The molecule has 0 atom stereocenters. The lowest BCUT2D eigenvalue weighted by molar-refractivity contribution is -0.128. The van der Waals surface area contributed by atoms with Crippen molar-refractivity contribution in [3.63, 3.8) is 0 Å². The first-order chi connectivity index (χ1) is 12.7. The van der Waals surface area contributed by atoms with Gasteiger partial charge >= 0.3 is 0 Å². The number of hydrogen-bond acceptors (Lipinski definition) is 5. The summed E-state index contributed by atoms with van der Waals surface area (Å²) in [5.74, 6) is 1.36. The minimum atomic E-state index is -0.400. The van der Waals surface area contributed by atoms with E-state index in [9.17, 15) is 4.79 Å². The van der Waals surface area contributed by atoms with Crippen LogP contribution in [0.2, 0.25) is 0 Å². The Kier molecular flexibility index (Phi) is 5.08. The maximum atomic E-state index is 12.0. The highest BCUT2D eigenvalue weighted by atomic mass is 16.5. The summed E-state index contributed by atoms with van der Waals surface area (Å²) < 4.78 is 5.40. The van der Waals surface area contributed by atoms with Crippen LogP contribution in [0.3, 0.4) is 0 Å². The van der Waals surface area contributed by atoms with Gasteiger partial charge in [-0.1, -0.05) is 50.2 Å². The fourth-order valence-electron chi connectivity index (χ4n) is 2.59. The summed E-state index contributed by atoms with van der Waals surface area (Å²) in [7, 11) is 0. The van der Waals surface area contributed by atoms with Gasteiger partial charge in [-0.2, -0.15) is 0 Å². The SMILES string of the molecule is Cc1cc(-c2cnc(C)nc2-c2ccc(CNC(=O)C(C)(C)C)cc2)on1. The highest BCUT2D eigenvalue weighted by Gasteiger charge is 2.20. The van der Waals surface area contributed by atoms with Crippen LogP contribution in [0.1, 0.15) is 37.9 Å². The Hall–Kier alpha value is -3.02. The number of rotatable bonds is 4. The third-order valence-corrected chi connectivity index (χ3v) is 4.16. The molecule has 2 heterocycles. The van der Waals surface area contributed by atoms with Crippen LogP contribution in [0.25, 0.3) is 22.6 Å². The maximum Gasteiger partial charge on any atom is 0.225 e. The smallest absolute Gasteiger partial charge is 0.225 e. The summed E-state index contributed by atoms with van der Waals surface area (Å²) >= 11 is 0. The maximum absolute atomic E-state index is 12.0. The fraction of sp³-hybridized carbons (Fsp3) is 0.333. The molecule has 3 aromatic rings. The molecule has 27 heavy (non-hydrogen) atoms. The van der Waals surface area contributed by atoms with E-state index in [1.165, 1.54) is 0 Å². The van der Waals surface area contributed by atoms with Crippen molar-refractivity contribution in [2.24, 2.45) is 5.41 Å². The Morgan fingerprint density at radius 2 is 1.85 bits per heavy atom. The monoisotopic (exact) mass is 364 g/mol. The van der Waals surface area contributed by atoms with Crippen LogP contribution in [0.4, 0.5) is 0 Å². The van der Waals surface area contributed by atoms with E-state index in [-0.39, 0.29) is 5.91 Å². The van der Waals surface area contributed by atoms with Crippen LogP contribution in [0, 0.1) is 19.3 Å². The number of hydrogen-bond donors (Lipinski definition) is 1. The first kappa shape index (κ1) is 18.8. The third kappa shape index (κ3) is 4.39. The van der Waals surface area contributed by atoms with E-state index in [4.69, 9.17) is 4.52 Å². The molecular weight excluding hydrogens is 340 g/mol. The van der Waals surface area contributed by atoms with Gasteiger partial charge in [-0.05, 0) is 19.4 Å². The molecule has 0 aliphatic heterocycles. The molecule has 0 bridgehead atoms. The number of aromatic nitrogens is 3. The van der Waals surface area contributed by atoms with Crippen molar-refractivity contribution in [1.29, 1.82) is 0 Å². The minimum Gasteiger partial charge on any atom is -0.356 e. The molecular formula is C21H24N4O2. The number of carbonyl (C=O) groups excluding carboxylic acids is 1. The lowest BCUT2D eigenvalue weighted by Gasteiger charge is -2.17. The second-order valence-electron chi connectivity index (χ2n) is 7.64. The summed E-state index contributed by atoms with van der Waals surface area (Å²) in [5.41, 5.74) is 3.98. The van der Waals surface area contributed by atoms with Gasteiger partial charge in [0.2, 0.25) is 5.91 Å². The zero-order chi connectivity index (χ0) is 19.6. The van der Waals surface area contributed by atoms with Crippen molar-refractivity contribution in [2.75, 3.05) is 0 Å². The Balaban J connectivity index is 1.85. The highest BCUT2D eigenvalue weighted by molar-refractivity contribution is 5.81. The van der Waals surface area contributed by atoms with Crippen LogP contribution >= 0.6 is 0 Å². The average molecular weight is 364 g/mol. The van der Waals surface area contributed by atoms with Crippen LogP contribution < -0.4 is 5.32 Å². The van der Waals surface area contributed by atoms with Gasteiger partial charge in [0.05, 0.1) is 17.0 Å². The van der Waals surface area contributed by atoms with Gasteiger partial charge in [0.15, 0.2) is 5.76 Å². The molecule has 0 aliphatic rings. The number of nitrogens with zero attached hydrogens (tertiary/aromatic N) is 3. The molecule has 0 saturated carbocycles. The Morgan fingerprint density at radius 3 is 2.44 bits per heavy atom. The Labute approximate surface area is 159 Å². The van der Waals surface area contributed by atoms with Crippen LogP contribution in [-0.4, -0.2) is 21.0 Å². The van der Waals surface area contributed by atoms with Crippen LogP contribution in [0.5, 0.6) is 0 Å². The summed E-state index contributed by atoms with van der Waals surface area (Å²) in [6.45, 7) is 9.92. The first-order valence-electron chi connectivity index (χ1n) is 8.89. The lowest BCUT2D eigenvalue weighted by Crippen LogP contribution is -2.34. The lowest BCUT2D eigenvalue weighted by atomic mass is 9.95. The number of carbonyl (C=O) groups is 1. The third-order valence-electron chi connectivity index (χ3n) is 4.16. The predicted octanol–water partition coefficient (Wildman–Crippen LogP) is 4.08. The number of aryl methyl sites for hydroxylation is 2. The van der Waals surface area contributed by atoms with Gasteiger partial charge < -0.3 is 9.84 Å². The van der Waals surface area contributed by atoms with Crippen molar-refractivity contribution in [3.8, 4) is 22.6 Å². The second kappa shape index (κ2) is 7.31. The fourth-order valence-corrected chi connectivity index (χ4v) is 2.59.